The highest BCUT2D eigenvalue weighted by Gasteiger charge is 2.03. The van der Waals surface area contributed by atoms with E-state index in [2.05, 4.69) is 62.9 Å². The van der Waals surface area contributed by atoms with Crippen molar-refractivity contribution >= 4 is 39.3 Å². The van der Waals surface area contributed by atoms with Gasteiger partial charge in [-0.25, -0.2) is 9.97 Å². The molecule has 3 aromatic rings. The first kappa shape index (κ1) is 11.4. The van der Waals surface area contributed by atoms with Crippen LogP contribution in [-0.2, 0) is 0 Å². The van der Waals surface area contributed by atoms with Crippen molar-refractivity contribution in [1.82, 2.24) is 9.97 Å². The maximum absolute atomic E-state index is 5.87. The molecule has 2 aromatic carbocycles. The third kappa shape index (κ3) is 2.03. The molecule has 2 N–H and O–H groups in total. The number of rotatable bonds is 1. The molecule has 0 bridgehead atoms. The molecule has 0 aliphatic rings. The van der Waals surface area contributed by atoms with Crippen LogP contribution in [-0.4, -0.2) is 9.97 Å². The Bertz CT molecular complexity index is 708. The Morgan fingerprint density at radius 1 is 0.889 bits per heavy atom. The predicted octanol–water partition coefficient (Wildman–Crippen LogP) is 3.48. The number of anilines is 1. The summed E-state index contributed by atoms with van der Waals surface area (Å²) in [5, 5.41) is 0.897. The van der Waals surface area contributed by atoms with E-state index >= 15 is 0 Å². The third-order valence-electron chi connectivity index (χ3n) is 2.84. The summed E-state index contributed by atoms with van der Waals surface area (Å²) in [7, 11) is 0. The van der Waals surface area contributed by atoms with Crippen LogP contribution in [0.3, 0.4) is 0 Å². The highest BCUT2D eigenvalue weighted by Crippen LogP contribution is 2.26. The van der Waals surface area contributed by atoms with Crippen molar-refractivity contribution in [3.8, 4) is 11.1 Å². The summed E-state index contributed by atoms with van der Waals surface area (Å²) < 4.78 is 1.22. The lowest BCUT2D eigenvalue weighted by atomic mass is 10.0. The maximum atomic E-state index is 5.87. The second kappa shape index (κ2) is 4.53. The van der Waals surface area contributed by atoms with Crippen molar-refractivity contribution in [1.29, 1.82) is 0 Å². The molecule has 0 unspecified atom stereocenters. The fourth-order valence-electron chi connectivity index (χ4n) is 1.90. The molecule has 3 rings (SSSR count). The maximum Gasteiger partial charge on any atom is 0.134 e. The first-order chi connectivity index (χ1) is 8.74. The number of fused-ring (bicyclic) bond motifs is 1. The van der Waals surface area contributed by atoms with Gasteiger partial charge in [0.2, 0.25) is 0 Å². The molecule has 0 radical (unpaired) electrons. The number of hydrogen-bond donors (Lipinski definition) is 1. The summed E-state index contributed by atoms with van der Waals surface area (Å²) in [6.07, 6.45) is 1.49. The van der Waals surface area contributed by atoms with Crippen LogP contribution in [0.1, 0.15) is 0 Å². The SMILES string of the molecule is Nc1ncnc2ccc(-c3ccc(I)cc3)cc12. The number of nitrogens with zero attached hydrogens (tertiary/aromatic N) is 2. The molecule has 4 heteroatoms. The van der Waals surface area contributed by atoms with Gasteiger partial charge in [0, 0.05) is 8.96 Å². The molecule has 1 aromatic heterocycles. The molecule has 0 spiro atoms. The quantitative estimate of drug-likeness (QED) is 0.686. The van der Waals surface area contributed by atoms with Crippen LogP contribution >= 0.6 is 22.6 Å². The molecule has 0 amide bonds. The van der Waals surface area contributed by atoms with E-state index in [4.69, 9.17) is 5.73 Å². The fraction of sp³-hybridized carbons (Fsp3) is 0. The first-order valence-corrected chi connectivity index (χ1v) is 6.58. The minimum Gasteiger partial charge on any atom is -0.383 e. The minimum absolute atomic E-state index is 0.521. The molecule has 0 aliphatic heterocycles. The van der Waals surface area contributed by atoms with Gasteiger partial charge in [-0.1, -0.05) is 18.2 Å². The second-order valence-corrected chi connectivity index (χ2v) is 5.24. The first-order valence-electron chi connectivity index (χ1n) is 5.50. The van der Waals surface area contributed by atoms with Gasteiger partial charge >= 0.3 is 0 Å². The molecule has 18 heavy (non-hydrogen) atoms. The Labute approximate surface area is 118 Å². The van der Waals surface area contributed by atoms with Crippen LogP contribution in [0.25, 0.3) is 22.0 Å². The van der Waals surface area contributed by atoms with Crippen LogP contribution in [0.15, 0.2) is 48.8 Å². The molecule has 0 saturated heterocycles. The van der Waals surface area contributed by atoms with Crippen molar-refractivity contribution in [2.45, 2.75) is 0 Å². The number of nitrogens with two attached hydrogens (primary N) is 1. The summed E-state index contributed by atoms with van der Waals surface area (Å²) in [5.41, 5.74) is 9.04. The number of halogens is 1. The average molecular weight is 347 g/mol. The molecular formula is C14H10IN3. The lowest BCUT2D eigenvalue weighted by Gasteiger charge is -2.05. The van der Waals surface area contributed by atoms with Gasteiger partial charge in [-0.3, -0.25) is 0 Å². The van der Waals surface area contributed by atoms with Crippen molar-refractivity contribution < 1.29 is 0 Å². The normalized spacial score (nSPS) is 10.7. The topological polar surface area (TPSA) is 51.8 Å². The van der Waals surface area contributed by atoms with Gasteiger partial charge in [-0.2, -0.15) is 0 Å². The van der Waals surface area contributed by atoms with Gasteiger partial charge in [0.25, 0.3) is 0 Å². The van der Waals surface area contributed by atoms with E-state index in [1.165, 1.54) is 15.5 Å². The number of aromatic nitrogens is 2. The lowest BCUT2D eigenvalue weighted by molar-refractivity contribution is 1.23. The molecular weight excluding hydrogens is 337 g/mol. The smallest absolute Gasteiger partial charge is 0.134 e. The monoisotopic (exact) mass is 347 g/mol. The van der Waals surface area contributed by atoms with Crippen molar-refractivity contribution in [2.75, 3.05) is 5.73 Å². The Morgan fingerprint density at radius 2 is 1.61 bits per heavy atom. The van der Waals surface area contributed by atoms with E-state index in [9.17, 15) is 0 Å². The number of benzene rings is 2. The van der Waals surface area contributed by atoms with Crippen LogP contribution < -0.4 is 5.73 Å². The Balaban J connectivity index is 2.18. The molecule has 0 fully saturated rings. The van der Waals surface area contributed by atoms with Gasteiger partial charge in [-0.15, -0.1) is 0 Å². The van der Waals surface area contributed by atoms with Gasteiger partial charge in [0.15, 0.2) is 0 Å². The Kier molecular flexibility index (Phi) is 2.87. The number of hydrogen-bond acceptors (Lipinski definition) is 3. The van der Waals surface area contributed by atoms with Gasteiger partial charge in [0.05, 0.1) is 5.52 Å². The van der Waals surface area contributed by atoms with E-state index in [1.807, 2.05) is 12.1 Å². The zero-order chi connectivity index (χ0) is 12.5. The average Bonchev–Trinajstić information content (AvgIpc) is 2.40. The van der Waals surface area contributed by atoms with Gasteiger partial charge in [0.1, 0.15) is 12.1 Å². The zero-order valence-corrected chi connectivity index (χ0v) is 11.6. The van der Waals surface area contributed by atoms with Crippen LogP contribution in [0.2, 0.25) is 0 Å². The number of nitrogen functional groups attached to an aromatic ring is 1. The van der Waals surface area contributed by atoms with Crippen molar-refractivity contribution in [2.24, 2.45) is 0 Å². The van der Waals surface area contributed by atoms with E-state index in [0.29, 0.717) is 5.82 Å². The molecule has 88 valence electrons. The van der Waals surface area contributed by atoms with Crippen LogP contribution in [0, 0.1) is 3.57 Å². The largest absolute Gasteiger partial charge is 0.383 e. The molecule has 0 atom stereocenters. The predicted molar refractivity (Wildman–Crippen MR) is 82.1 cm³/mol. The highest BCUT2D eigenvalue weighted by atomic mass is 127. The van der Waals surface area contributed by atoms with E-state index in [-0.39, 0.29) is 0 Å². The van der Waals surface area contributed by atoms with E-state index in [1.54, 1.807) is 0 Å². The molecule has 3 nitrogen and oxygen atoms in total. The summed E-state index contributed by atoms with van der Waals surface area (Å²) >= 11 is 2.30. The highest BCUT2D eigenvalue weighted by molar-refractivity contribution is 14.1. The summed E-state index contributed by atoms with van der Waals surface area (Å²) in [5.74, 6) is 0.521. The van der Waals surface area contributed by atoms with E-state index < -0.39 is 0 Å². The zero-order valence-electron chi connectivity index (χ0n) is 9.47. The fourth-order valence-corrected chi connectivity index (χ4v) is 2.26. The molecule has 0 aliphatic carbocycles. The lowest BCUT2D eigenvalue weighted by Crippen LogP contribution is -1.93. The second-order valence-electron chi connectivity index (χ2n) is 4.00. The van der Waals surface area contributed by atoms with Crippen molar-refractivity contribution in [3.63, 3.8) is 0 Å². The Hall–Kier alpha value is -1.69. The van der Waals surface area contributed by atoms with Crippen molar-refractivity contribution in [3.05, 3.63) is 52.4 Å². The summed E-state index contributed by atoms with van der Waals surface area (Å²) in [6.45, 7) is 0. The van der Waals surface area contributed by atoms with E-state index in [0.717, 1.165) is 16.5 Å². The molecule has 0 saturated carbocycles. The standard InChI is InChI=1S/C14H10IN3/c15-11-4-1-9(2-5-11)10-3-6-13-12(7-10)14(16)18-8-17-13/h1-8H,(H2,16,17,18). The van der Waals surface area contributed by atoms with Gasteiger partial charge in [-0.05, 0) is 58.0 Å². The summed E-state index contributed by atoms with van der Waals surface area (Å²) in [4.78, 5) is 8.22. The van der Waals surface area contributed by atoms with Crippen LogP contribution in [0.4, 0.5) is 5.82 Å². The summed E-state index contributed by atoms with van der Waals surface area (Å²) in [6, 6.07) is 14.4. The van der Waals surface area contributed by atoms with Crippen LogP contribution in [0.5, 0.6) is 0 Å². The molecule has 1 heterocycles. The Morgan fingerprint density at radius 3 is 2.39 bits per heavy atom. The minimum atomic E-state index is 0.521. The van der Waals surface area contributed by atoms with Gasteiger partial charge < -0.3 is 5.73 Å². The third-order valence-corrected chi connectivity index (χ3v) is 3.56.